The average Bonchev–Trinajstić information content (AvgIpc) is 3.76. The predicted molar refractivity (Wildman–Crippen MR) is 208 cm³/mol. The molecule has 230 valence electrons. The van der Waals surface area contributed by atoms with Crippen molar-refractivity contribution in [3.63, 3.8) is 0 Å². The molecule has 1 aliphatic carbocycles. The van der Waals surface area contributed by atoms with E-state index in [2.05, 4.69) is 175 Å². The van der Waals surface area contributed by atoms with E-state index in [9.17, 15) is 0 Å². The van der Waals surface area contributed by atoms with Crippen LogP contribution in [0.1, 0.15) is 25.0 Å². The van der Waals surface area contributed by atoms with Gasteiger partial charge < -0.3 is 9.55 Å². The second-order valence-corrected chi connectivity index (χ2v) is 14.2. The van der Waals surface area contributed by atoms with Crippen LogP contribution in [0.5, 0.6) is 0 Å². The Morgan fingerprint density at radius 3 is 1.98 bits per heavy atom. The van der Waals surface area contributed by atoms with Gasteiger partial charge in [-0.15, -0.1) is 0 Å². The molecule has 0 fully saturated rings. The number of fused-ring (bicyclic) bond motifs is 13. The van der Waals surface area contributed by atoms with Crippen LogP contribution in [0.2, 0.25) is 0 Å². The first-order chi connectivity index (χ1) is 24.1. The van der Waals surface area contributed by atoms with Crippen LogP contribution in [0.3, 0.4) is 0 Å². The summed E-state index contributed by atoms with van der Waals surface area (Å²) in [4.78, 5) is 3.95. The molecule has 11 rings (SSSR count). The van der Waals surface area contributed by atoms with Gasteiger partial charge in [0.2, 0.25) is 0 Å². The fourth-order valence-electron chi connectivity index (χ4n) is 9.04. The van der Waals surface area contributed by atoms with E-state index in [-0.39, 0.29) is 5.41 Å². The Hall–Kier alpha value is -6.12. The summed E-state index contributed by atoms with van der Waals surface area (Å²) < 4.78 is 2.41. The Kier molecular flexibility index (Phi) is 5.21. The van der Waals surface area contributed by atoms with Gasteiger partial charge >= 0.3 is 0 Å². The predicted octanol–water partition coefficient (Wildman–Crippen LogP) is 12.7. The minimum Gasteiger partial charge on any atom is -0.354 e. The summed E-state index contributed by atoms with van der Waals surface area (Å²) in [7, 11) is 0. The van der Waals surface area contributed by atoms with Crippen molar-refractivity contribution in [3.8, 4) is 27.9 Å². The van der Waals surface area contributed by atoms with E-state index < -0.39 is 0 Å². The van der Waals surface area contributed by atoms with Crippen LogP contribution in [-0.4, -0.2) is 9.55 Å². The largest absolute Gasteiger partial charge is 0.354 e. The van der Waals surface area contributed by atoms with E-state index in [0.717, 1.165) is 0 Å². The van der Waals surface area contributed by atoms with E-state index >= 15 is 0 Å². The van der Waals surface area contributed by atoms with Gasteiger partial charge in [0.1, 0.15) is 0 Å². The molecule has 0 saturated carbocycles. The van der Waals surface area contributed by atoms with Crippen LogP contribution in [0.15, 0.2) is 152 Å². The zero-order chi connectivity index (χ0) is 32.4. The highest BCUT2D eigenvalue weighted by atomic mass is 15.0. The SMILES string of the molecule is CC1(C)c2cc3[nH]c4c5ccccc5ccc4c3c(-c3ccc4c(c3)c3ccccc3n4-c3ccccc3)c2-c2c1ccc1ccccc21. The number of aromatic nitrogens is 2. The van der Waals surface area contributed by atoms with Crippen molar-refractivity contribution < 1.29 is 0 Å². The molecule has 2 nitrogen and oxygen atoms in total. The number of aromatic amines is 1. The van der Waals surface area contributed by atoms with Crippen molar-refractivity contribution in [3.05, 3.63) is 163 Å². The third-order valence-corrected chi connectivity index (χ3v) is 11.3. The molecule has 0 unspecified atom stereocenters. The summed E-state index contributed by atoms with van der Waals surface area (Å²) in [5.74, 6) is 0. The lowest BCUT2D eigenvalue weighted by atomic mass is 9.81. The van der Waals surface area contributed by atoms with Crippen molar-refractivity contribution in [2.75, 3.05) is 0 Å². The maximum Gasteiger partial charge on any atom is 0.0544 e. The van der Waals surface area contributed by atoms with E-state index in [0.29, 0.717) is 0 Å². The average molecular weight is 625 g/mol. The van der Waals surface area contributed by atoms with Gasteiger partial charge in [0, 0.05) is 43.6 Å². The fourth-order valence-corrected chi connectivity index (χ4v) is 9.04. The third-order valence-electron chi connectivity index (χ3n) is 11.3. The Labute approximate surface area is 283 Å². The summed E-state index contributed by atoms with van der Waals surface area (Å²) in [6, 6.07) is 56.1. The molecule has 1 aliphatic rings. The van der Waals surface area contributed by atoms with Crippen LogP contribution < -0.4 is 0 Å². The number of hydrogen-bond donors (Lipinski definition) is 1. The van der Waals surface area contributed by atoms with E-state index in [1.807, 2.05) is 0 Å². The molecule has 2 heteroatoms. The van der Waals surface area contributed by atoms with Gasteiger partial charge in [0.15, 0.2) is 0 Å². The summed E-state index contributed by atoms with van der Waals surface area (Å²) in [5, 5.41) is 10.2. The van der Waals surface area contributed by atoms with Gasteiger partial charge in [-0.25, -0.2) is 0 Å². The first-order valence-electron chi connectivity index (χ1n) is 17.2. The van der Waals surface area contributed by atoms with Crippen molar-refractivity contribution in [2.24, 2.45) is 0 Å². The van der Waals surface area contributed by atoms with Crippen molar-refractivity contribution >= 4 is 65.2 Å². The van der Waals surface area contributed by atoms with Crippen LogP contribution in [0.25, 0.3) is 93.1 Å². The number of rotatable bonds is 2. The zero-order valence-corrected chi connectivity index (χ0v) is 27.4. The molecular formula is C47H32N2. The van der Waals surface area contributed by atoms with Crippen LogP contribution in [0, 0.1) is 0 Å². The van der Waals surface area contributed by atoms with Gasteiger partial charge in [0.25, 0.3) is 0 Å². The third kappa shape index (κ3) is 3.50. The molecule has 2 heterocycles. The summed E-state index contributed by atoms with van der Waals surface area (Å²) in [5.41, 5.74) is 13.9. The molecule has 0 aliphatic heterocycles. The number of para-hydroxylation sites is 2. The molecular weight excluding hydrogens is 593 g/mol. The molecule has 0 atom stereocenters. The van der Waals surface area contributed by atoms with E-state index in [1.165, 1.54) is 104 Å². The number of H-pyrrole nitrogens is 1. The maximum atomic E-state index is 3.95. The molecule has 1 N–H and O–H groups in total. The van der Waals surface area contributed by atoms with Gasteiger partial charge in [-0.2, -0.15) is 0 Å². The monoisotopic (exact) mass is 624 g/mol. The smallest absolute Gasteiger partial charge is 0.0544 e. The van der Waals surface area contributed by atoms with Gasteiger partial charge in [-0.05, 0) is 85.9 Å². The van der Waals surface area contributed by atoms with E-state index in [4.69, 9.17) is 0 Å². The highest BCUT2D eigenvalue weighted by Crippen LogP contribution is 2.57. The van der Waals surface area contributed by atoms with Crippen LogP contribution >= 0.6 is 0 Å². The molecule has 8 aromatic carbocycles. The second-order valence-electron chi connectivity index (χ2n) is 14.2. The quantitative estimate of drug-likeness (QED) is 0.198. The Morgan fingerprint density at radius 1 is 0.469 bits per heavy atom. The van der Waals surface area contributed by atoms with Crippen molar-refractivity contribution in [1.82, 2.24) is 9.55 Å². The number of nitrogens with zero attached hydrogens (tertiary/aromatic N) is 1. The number of hydrogen-bond acceptors (Lipinski definition) is 0. The second kappa shape index (κ2) is 9.49. The van der Waals surface area contributed by atoms with Gasteiger partial charge in [-0.1, -0.05) is 129 Å². The molecule has 0 spiro atoms. The summed E-state index contributed by atoms with van der Waals surface area (Å²) in [6.45, 7) is 4.80. The fraction of sp³-hybridized carbons (Fsp3) is 0.0638. The summed E-state index contributed by atoms with van der Waals surface area (Å²) in [6.07, 6.45) is 0. The lowest BCUT2D eigenvalue weighted by Crippen LogP contribution is -2.15. The lowest BCUT2D eigenvalue weighted by molar-refractivity contribution is 0.661. The Morgan fingerprint density at radius 2 is 1.14 bits per heavy atom. The highest BCUT2D eigenvalue weighted by molar-refractivity contribution is 6.25. The summed E-state index contributed by atoms with van der Waals surface area (Å²) >= 11 is 0. The maximum absolute atomic E-state index is 3.95. The van der Waals surface area contributed by atoms with Gasteiger partial charge in [0.05, 0.1) is 16.6 Å². The number of benzene rings is 8. The molecule has 10 aromatic rings. The first kappa shape index (κ1) is 26.9. The molecule has 49 heavy (non-hydrogen) atoms. The standard InChI is InChI=1S/C47H32N2/c1-47(2)37-24-21-28-12-6-8-16-32(28)43(37)45-38(47)27-39-44(35-23-20-29-13-7-9-17-33(29)46(35)48-39)42(45)30-22-25-41-36(26-30)34-18-10-11-19-40(34)49(41)31-14-4-3-5-15-31/h3-27,48H,1-2H3. The minimum absolute atomic E-state index is 0.162. The minimum atomic E-state index is -0.162. The van der Waals surface area contributed by atoms with Gasteiger partial charge in [-0.3, -0.25) is 0 Å². The first-order valence-corrected chi connectivity index (χ1v) is 17.2. The highest BCUT2D eigenvalue weighted by Gasteiger charge is 2.39. The Bertz CT molecular complexity index is 3010. The molecule has 0 amide bonds. The van der Waals surface area contributed by atoms with Crippen molar-refractivity contribution in [2.45, 2.75) is 19.3 Å². The molecule has 0 saturated heterocycles. The molecule has 0 bridgehead atoms. The van der Waals surface area contributed by atoms with Crippen LogP contribution in [-0.2, 0) is 5.41 Å². The topological polar surface area (TPSA) is 20.7 Å². The Balaban J connectivity index is 1.33. The van der Waals surface area contributed by atoms with Crippen molar-refractivity contribution in [1.29, 1.82) is 0 Å². The molecule has 0 radical (unpaired) electrons. The van der Waals surface area contributed by atoms with E-state index in [1.54, 1.807) is 0 Å². The molecule has 2 aromatic heterocycles. The normalized spacial score (nSPS) is 13.7. The zero-order valence-electron chi connectivity index (χ0n) is 27.4. The lowest BCUT2D eigenvalue weighted by Gasteiger charge is -2.22. The number of nitrogens with one attached hydrogen (secondary N) is 1. The van der Waals surface area contributed by atoms with Crippen LogP contribution in [0.4, 0.5) is 0 Å².